The topological polar surface area (TPSA) is 88.0 Å². The van der Waals surface area contributed by atoms with Gasteiger partial charge in [0.1, 0.15) is 13.2 Å². The molecule has 780 valence electrons. The first kappa shape index (κ1) is 117. The number of fused-ring (bicyclic) bond motifs is 12. The van der Waals surface area contributed by atoms with Crippen LogP contribution in [0.3, 0.4) is 0 Å². The third kappa shape index (κ3) is 20.2. The Labute approximate surface area is 1030 Å². The number of thiophene rings is 20. The molecule has 48 heteroatoms. The molecule has 3 aliphatic carbocycles. The average molecular weight is 2620 g/mol. The summed E-state index contributed by atoms with van der Waals surface area (Å²) < 4.78 is 314. The van der Waals surface area contributed by atoms with Gasteiger partial charge >= 0.3 is 156 Å². The van der Waals surface area contributed by atoms with Crippen molar-refractivity contribution in [1.82, 2.24) is 0 Å². The fourth-order valence-electron chi connectivity index (χ4n) is 18.1. The smallest absolute Gasteiger partial charge is 1.00 e. The van der Waals surface area contributed by atoms with Crippen molar-refractivity contribution in [2.45, 2.75) is 173 Å². The van der Waals surface area contributed by atoms with Crippen molar-refractivity contribution in [3.8, 4) is 73.7 Å². The molecule has 20 heterocycles. The Morgan fingerprint density at radius 2 is 0.540 bits per heavy atom. The predicted molar refractivity (Wildman–Crippen MR) is 607 cm³/mol. The average Bonchev–Trinajstić information content (AvgIpc) is 1.53. The van der Waals surface area contributed by atoms with Crippen molar-refractivity contribution < 1.29 is 213 Å². The number of hydrogen-bond acceptors (Lipinski definition) is 26. The van der Waals surface area contributed by atoms with Gasteiger partial charge in [0, 0.05) is 187 Å². The van der Waals surface area contributed by atoms with Crippen LogP contribution >= 0.6 is 259 Å². The van der Waals surface area contributed by atoms with Crippen LogP contribution in [0.2, 0.25) is 0 Å². The second-order valence-corrected chi connectivity index (χ2v) is 59.0. The van der Waals surface area contributed by atoms with Crippen LogP contribution in [0.1, 0.15) is 138 Å². The molecule has 0 fully saturated rings. The van der Waals surface area contributed by atoms with Gasteiger partial charge in [-0.15, -0.1) is 193 Å². The minimum absolute atomic E-state index is 0. The summed E-state index contributed by atoms with van der Waals surface area (Å²) in [6.07, 6.45) is 9.08. The molecular formula is C102H74Br2F18K2O6S20. The van der Waals surface area contributed by atoms with E-state index in [4.69, 9.17) is 19.5 Å². The van der Waals surface area contributed by atoms with E-state index in [0.29, 0.717) is 54.0 Å². The molecule has 23 rings (SSSR count). The van der Waals surface area contributed by atoms with Crippen LogP contribution in [-0.4, -0.2) is 88.8 Å². The van der Waals surface area contributed by atoms with Gasteiger partial charge in [-0.3, -0.25) is 4.79 Å². The summed E-state index contributed by atoms with van der Waals surface area (Å²) in [6, 6.07) is 30.9. The van der Waals surface area contributed by atoms with Crippen LogP contribution in [0.4, 0.5) is 79.0 Å². The van der Waals surface area contributed by atoms with Crippen LogP contribution in [0.15, 0.2) is 109 Å². The minimum Gasteiger partial charge on any atom is -1.00 e. The largest absolute Gasteiger partial charge is 1.00 e. The molecule has 0 atom stereocenters. The zero-order valence-corrected chi connectivity index (χ0v) is 106. The zero-order chi connectivity index (χ0) is 105. The summed E-state index contributed by atoms with van der Waals surface area (Å²) in [7, 11) is 0. The van der Waals surface area contributed by atoms with Crippen LogP contribution in [0.5, 0.6) is 15.2 Å². The summed E-state index contributed by atoms with van der Waals surface area (Å²) >= 11 is 33.7. The summed E-state index contributed by atoms with van der Waals surface area (Å²) in [5.74, 6) is -48.1. The molecule has 0 saturated carbocycles. The monoisotopic (exact) mass is 2610 g/mol. The Morgan fingerprint density at radius 1 is 0.293 bits per heavy atom. The summed E-state index contributed by atoms with van der Waals surface area (Å²) in [6.45, 7) is 15.3. The second kappa shape index (κ2) is 44.8. The van der Waals surface area contributed by atoms with E-state index in [0.717, 1.165) is 228 Å². The molecule has 0 radical (unpaired) electrons. The van der Waals surface area contributed by atoms with Crippen molar-refractivity contribution in [3.63, 3.8) is 0 Å². The Balaban J connectivity index is 0.000000214. The van der Waals surface area contributed by atoms with Crippen molar-refractivity contribution in [2.24, 2.45) is 0 Å². The number of alkyl halides is 20. The molecule has 0 amide bonds. The fourth-order valence-corrected chi connectivity index (χ4v) is 42.5. The molecule has 0 aliphatic heterocycles. The van der Waals surface area contributed by atoms with Gasteiger partial charge in [0.2, 0.25) is 0 Å². The molecular weight excluding hydrogens is 2540 g/mol. The molecule has 3 aliphatic rings. The van der Waals surface area contributed by atoms with Gasteiger partial charge in [-0.25, -0.2) is 0 Å². The molecule has 1 N–H and O–H groups in total. The van der Waals surface area contributed by atoms with Gasteiger partial charge in [-0.1, -0.05) is 106 Å². The zero-order valence-electron chi connectivity index (χ0n) is 80.9. The Kier molecular flexibility index (Phi) is 34.8. The van der Waals surface area contributed by atoms with E-state index in [1.807, 2.05) is 42.5 Å². The second-order valence-electron chi connectivity index (χ2n) is 34.8. The Hall–Kier alpha value is -2.90. The van der Waals surface area contributed by atoms with Gasteiger partial charge in [0.15, 0.2) is 15.2 Å². The molecule has 0 spiro atoms. The minimum atomic E-state index is -5.71. The number of aromatic hydroxyl groups is 1. The van der Waals surface area contributed by atoms with Gasteiger partial charge in [-0.2, -0.15) is 79.0 Å². The quantitative estimate of drug-likeness (QED) is 0.01000. The van der Waals surface area contributed by atoms with Crippen LogP contribution in [0, 0.1) is 41.5 Å². The molecule has 20 aromatic heterocycles. The molecule has 0 aromatic carbocycles. The van der Waals surface area contributed by atoms with Crippen molar-refractivity contribution in [1.29, 1.82) is 0 Å². The maximum Gasteiger partial charge on any atom is 1.00 e. The van der Waals surface area contributed by atoms with E-state index < -0.39 is 86.7 Å². The summed E-state index contributed by atoms with van der Waals surface area (Å²) in [5.41, 5.74) is -10.1. The van der Waals surface area contributed by atoms with Crippen molar-refractivity contribution in [3.05, 3.63) is 186 Å². The number of allylic oxidation sites excluding steroid dienone is 6. The van der Waals surface area contributed by atoms with E-state index >= 15 is 79.0 Å². The first-order valence-corrected chi connectivity index (χ1v) is 63.9. The van der Waals surface area contributed by atoms with Crippen molar-refractivity contribution >= 4 is 374 Å². The van der Waals surface area contributed by atoms with Gasteiger partial charge in [0.05, 0.1) is 47.0 Å². The molecule has 0 unspecified atom stereocenters. The van der Waals surface area contributed by atoms with Crippen LogP contribution in [0.25, 0.3) is 167 Å². The van der Waals surface area contributed by atoms with E-state index in [9.17, 15) is 5.11 Å². The number of halogens is 20. The molecule has 20 aromatic rings. The fraction of sp³-hybridized carbons (Fsp3) is 0.304. The van der Waals surface area contributed by atoms with Crippen molar-refractivity contribution in [2.75, 3.05) is 23.9 Å². The molecule has 0 saturated heterocycles. The molecule has 0 bridgehead atoms. The predicted octanol–water partition coefficient (Wildman–Crippen LogP) is 36.7. The van der Waals surface area contributed by atoms with Gasteiger partial charge in [-0.05, 0) is 211 Å². The number of rotatable bonds is 28. The maximum absolute atomic E-state index is 16.3. The molecule has 150 heavy (non-hydrogen) atoms. The first-order chi connectivity index (χ1) is 70.2. The Bertz CT molecular complexity index is 8650. The third-order valence-corrected chi connectivity index (χ3v) is 51.6. The van der Waals surface area contributed by atoms with Crippen LogP contribution in [-0.2, 0) is 28.9 Å². The SMILES string of the molecule is BrCCBr.CCCCc1cc2sc3cc(-c4cc(C5=C(c6cc(-c7cc8sc9cc(O)sc9c8s7)sc6C)C(F)(F)C(F)(F)C5(F)F)c(C)s4)sc3c2s1.CCCCc1ccc(-c2cc(C3=C(c4cc(-c5ccc(OCCOc6cc7sc8cc(-c9cc(C%10=C(c%11cc(-c%12cc%13sc%14cc(CCCC)sc%14c%13s%12)sc%11C)C(F)(F)C(F)(F)C%10(F)F)c(C)s9)sc8c7s6)s5)sc4C)C(F)(F)C(F)(F)C3(F)F)c(C)s2)s1.O=CO[O-].[H-].[K+].[K+]. The first-order valence-electron chi connectivity index (χ1n) is 45.3. The number of carbonyl (C=O) groups excluding carboxylic acids is 1. The van der Waals surface area contributed by atoms with Gasteiger partial charge in [0.25, 0.3) is 6.47 Å². The standard InChI is InChI=1S/C64H46F12O2S12.C35H22F6OS8.C2H4Br2.CH2O3.2K.H/c1-7-9-11-31-13-14-37(83-31)39-20-33(27(3)79-39)51-52(60(67,68)63(73,74)59(51,65)66)34-21-40(80-28(34)4)38-15-16-49(87-38)77-17-18-78-50-26-48-58(90-50)57-47(86-48)25-44(89-57)42-23-36(30(6)82-42)54-53(61(69,70)64(75,76)62(54,71)72)35-22-41(81-29(35)5)43-24-46-56(88-43)55-45(85-46)19-32(84-55)12-10-8-2;1-4-5-6-15-7-22-29(45-15)30-23(46-22)10-20(48-30)18-8-16(13(2)43-18)27-28(34(38,39)35(40,41)33(27,36)37)17-9-19(44-14(17)3)21-11-24-31(49-21)32-25(47-24)12-26(42)50-32;3-1-2-4;2-1-4-3;;;/h13-16,19-26H,7-12,17-18H2,1-6H3;7-12,42H,4-6H2,1-3H3;1-2H2;1,3H;;;/q;;;;2*+1;-1/p-1. The number of ether oxygens (including phenoxy) is 2. The maximum atomic E-state index is 16.3. The van der Waals surface area contributed by atoms with E-state index in [2.05, 4.69) is 69.7 Å². The normalized spacial score (nSPS) is 16.6. The van der Waals surface area contributed by atoms with Crippen LogP contribution < -0.4 is 118 Å². The number of aryl methyl sites for hydroxylation is 9. The van der Waals surface area contributed by atoms with Gasteiger partial charge < -0.3 is 26.2 Å². The number of carbonyl (C=O) groups is 1. The number of hydrogen-bond donors (Lipinski definition) is 1. The van der Waals surface area contributed by atoms with E-state index in [1.165, 1.54) is 204 Å². The summed E-state index contributed by atoms with van der Waals surface area (Å²) in [4.78, 5) is 23.4. The van der Waals surface area contributed by atoms with E-state index in [1.54, 1.807) is 63.5 Å². The molecule has 6 nitrogen and oxygen atoms in total. The third-order valence-electron chi connectivity index (χ3n) is 25.2. The number of unbranched alkanes of at least 4 members (excludes halogenated alkanes) is 3. The van der Waals surface area contributed by atoms with E-state index in [-0.39, 0.29) is 192 Å². The Morgan fingerprint density at radius 3 is 0.847 bits per heavy atom. The summed E-state index contributed by atoms with van der Waals surface area (Å²) in [5, 5.41) is 21.7.